The lowest BCUT2D eigenvalue weighted by Crippen LogP contribution is -2.31. The maximum atomic E-state index is 12.8. The van der Waals surface area contributed by atoms with E-state index in [0.717, 1.165) is 46.0 Å². The van der Waals surface area contributed by atoms with Crippen molar-refractivity contribution in [2.45, 2.75) is 45.6 Å². The SMILES string of the molecule is CC(C)n1c(=O)n(C)c2cnc3ccc(-c4ccc(OCCCN5CCCCC5)nc4)cc3c21. The minimum absolute atomic E-state index is 0.0202. The van der Waals surface area contributed by atoms with Crippen LogP contribution in [0.25, 0.3) is 33.1 Å². The topological polar surface area (TPSA) is 65.2 Å². The second kappa shape index (κ2) is 9.58. The number of hydrogen-bond acceptors (Lipinski definition) is 5. The van der Waals surface area contributed by atoms with E-state index in [9.17, 15) is 4.79 Å². The van der Waals surface area contributed by atoms with Crippen molar-refractivity contribution >= 4 is 21.9 Å². The van der Waals surface area contributed by atoms with Gasteiger partial charge in [0, 0.05) is 42.8 Å². The van der Waals surface area contributed by atoms with E-state index in [2.05, 4.69) is 27.0 Å². The third-order valence-electron chi connectivity index (χ3n) is 6.82. The number of pyridine rings is 2. The lowest BCUT2D eigenvalue weighted by Gasteiger charge is -2.26. The van der Waals surface area contributed by atoms with E-state index in [1.807, 2.05) is 42.8 Å². The maximum absolute atomic E-state index is 12.8. The van der Waals surface area contributed by atoms with Gasteiger partial charge in [0.25, 0.3) is 0 Å². The van der Waals surface area contributed by atoms with Crippen molar-refractivity contribution in [1.29, 1.82) is 0 Å². The third-order valence-corrected chi connectivity index (χ3v) is 6.82. The molecule has 0 bridgehead atoms. The Bertz CT molecular complexity index is 1350. The van der Waals surface area contributed by atoms with E-state index >= 15 is 0 Å². The summed E-state index contributed by atoms with van der Waals surface area (Å²) in [6.07, 6.45) is 8.67. The van der Waals surface area contributed by atoms with Crippen molar-refractivity contribution in [3.8, 4) is 17.0 Å². The summed E-state index contributed by atoms with van der Waals surface area (Å²) in [6.45, 7) is 8.29. The Morgan fingerprint density at radius 2 is 1.79 bits per heavy atom. The van der Waals surface area contributed by atoms with E-state index in [1.165, 1.54) is 32.4 Å². The van der Waals surface area contributed by atoms with Crippen LogP contribution in [-0.4, -0.2) is 50.2 Å². The highest BCUT2D eigenvalue weighted by atomic mass is 16.5. The van der Waals surface area contributed by atoms with E-state index in [0.29, 0.717) is 12.5 Å². The zero-order valence-corrected chi connectivity index (χ0v) is 20.3. The maximum Gasteiger partial charge on any atom is 0.329 e. The first kappa shape index (κ1) is 22.6. The Morgan fingerprint density at radius 1 is 1.00 bits per heavy atom. The zero-order chi connectivity index (χ0) is 23.7. The van der Waals surface area contributed by atoms with Crippen LogP contribution in [0.5, 0.6) is 5.88 Å². The monoisotopic (exact) mass is 459 g/mol. The Hall–Kier alpha value is -3.19. The van der Waals surface area contributed by atoms with Gasteiger partial charge in [-0.1, -0.05) is 12.5 Å². The highest BCUT2D eigenvalue weighted by Crippen LogP contribution is 2.29. The van der Waals surface area contributed by atoms with E-state index < -0.39 is 0 Å². The zero-order valence-electron chi connectivity index (χ0n) is 20.3. The number of aryl methyl sites for hydroxylation is 1. The molecular weight excluding hydrogens is 426 g/mol. The van der Waals surface area contributed by atoms with E-state index in [4.69, 9.17) is 4.74 Å². The molecule has 34 heavy (non-hydrogen) atoms. The van der Waals surface area contributed by atoms with Crippen molar-refractivity contribution < 1.29 is 4.74 Å². The van der Waals surface area contributed by atoms with Crippen LogP contribution in [0.15, 0.2) is 47.5 Å². The van der Waals surface area contributed by atoms with Crippen molar-refractivity contribution in [3.05, 3.63) is 53.2 Å². The Morgan fingerprint density at radius 3 is 2.53 bits per heavy atom. The van der Waals surface area contributed by atoms with Gasteiger partial charge in [-0.15, -0.1) is 0 Å². The molecule has 0 amide bonds. The predicted octanol–water partition coefficient (Wildman–Crippen LogP) is 4.79. The predicted molar refractivity (Wildman–Crippen MR) is 136 cm³/mol. The quantitative estimate of drug-likeness (QED) is 0.372. The summed E-state index contributed by atoms with van der Waals surface area (Å²) >= 11 is 0. The molecule has 0 unspecified atom stereocenters. The number of aromatic nitrogens is 4. The molecule has 1 saturated heterocycles. The molecule has 0 atom stereocenters. The van der Waals surface area contributed by atoms with Crippen LogP contribution >= 0.6 is 0 Å². The Kier molecular flexibility index (Phi) is 6.37. The molecule has 5 rings (SSSR count). The molecule has 0 saturated carbocycles. The van der Waals surface area contributed by atoms with Gasteiger partial charge in [0.2, 0.25) is 5.88 Å². The summed E-state index contributed by atoms with van der Waals surface area (Å²) in [5.74, 6) is 0.656. The summed E-state index contributed by atoms with van der Waals surface area (Å²) in [5, 5.41) is 0.972. The minimum Gasteiger partial charge on any atom is -0.478 e. The highest BCUT2D eigenvalue weighted by molar-refractivity contribution is 6.04. The molecular formula is C27H33N5O2. The lowest BCUT2D eigenvalue weighted by atomic mass is 10.0. The number of ether oxygens (including phenoxy) is 1. The van der Waals surface area contributed by atoms with Crippen molar-refractivity contribution in [1.82, 2.24) is 24.0 Å². The van der Waals surface area contributed by atoms with Crippen LogP contribution in [0.1, 0.15) is 45.6 Å². The number of benzene rings is 1. The fourth-order valence-electron chi connectivity index (χ4n) is 4.97. The summed E-state index contributed by atoms with van der Waals surface area (Å²) < 4.78 is 9.41. The normalized spacial score (nSPS) is 14.9. The highest BCUT2D eigenvalue weighted by Gasteiger charge is 2.17. The van der Waals surface area contributed by atoms with Gasteiger partial charge < -0.3 is 9.64 Å². The largest absolute Gasteiger partial charge is 0.478 e. The average molecular weight is 460 g/mol. The number of rotatable bonds is 7. The second-order valence-corrected chi connectivity index (χ2v) is 9.52. The van der Waals surface area contributed by atoms with Gasteiger partial charge in [-0.3, -0.25) is 14.1 Å². The average Bonchev–Trinajstić information content (AvgIpc) is 3.13. The second-order valence-electron chi connectivity index (χ2n) is 9.52. The van der Waals surface area contributed by atoms with Gasteiger partial charge in [-0.2, -0.15) is 0 Å². The molecule has 0 radical (unpaired) electrons. The molecule has 4 aromatic rings. The van der Waals surface area contributed by atoms with Gasteiger partial charge in [-0.25, -0.2) is 9.78 Å². The van der Waals surface area contributed by atoms with Crippen LogP contribution in [0, 0.1) is 0 Å². The fourth-order valence-corrected chi connectivity index (χ4v) is 4.97. The number of piperidine rings is 1. The molecule has 1 aliphatic rings. The molecule has 178 valence electrons. The van der Waals surface area contributed by atoms with Gasteiger partial charge in [-0.05, 0) is 70.0 Å². The van der Waals surface area contributed by atoms with Crippen molar-refractivity contribution in [3.63, 3.8) is 0 Å². The Labute approximate surface area is 200 Å². The summed E-state index contributed by atoms with van der Waals surface area (Å²) in [4.78, 5) is 24.5. The van der Waals surface area contributed by atoms with Gasteiger partial charge >= 0.3 is 5.69 Å². The first-order valence-electron chi connectivity index (χ1n) is 12.3. The molecule has 0 spiro atoms. The van der Waals surface area contributed by atoms with Crippen LogP contribution in [0.4, 0.5) is 0 Å². The van der Waals surface area contributed by atoms with Gasteiger partial charge in [0.05, 0.1) is 29.4 Å². The molecule has 4 heterocycles. The molecule has 1 fully saturated rings. The van der Waals surface area contributed by atoms with Crippen molar-refractivity contribution in [2.24, 2.45) is 7.05 Å². The summed E-state index contributed by atoms with van der Waals surface area (Å²) in [6, 6.07) is 10.2. The first-order chi connectivity index (χ1) is 16.5. The van der Waals surface area contributed by atoms with Gasteiger partial charge in [0.1, 0.15) is 0 Å². The van der Waals surface area contributed by atoms with Crippen LogP contribution in [-0.2, 0) is 7.05 Å². The summed E-state index contributed by atoms with van der Waals surface area (Å²) in [7, 11) is 1.80. The molecule has 7 heteroatoms. The number of imidazole rings is 1. The molecule has 7 nitrogen and oxygen atoms in total. The van der Waals surface area contributed by atoms with Gasteiger partial charge in [0.15, 0.2) is 0 Å². The summed E-state index contributed by atoms with van der Waals surface area (Å²) in [5.41, 5.74) is 4.67. The van der Waals surface area contributed by atoms with Crippen LogP contribution in [0.2, 0.25) is 0 Å². The third kappa shape index (κ3) is 4.32. The molecule has 1 aromatic carbocycles. The van der Waals surface area contributed by atoms with E-state index in [-0.39, 0.29) is 11.7 Å². The Balaban J connectivity index is 1.36. The molecule has 0 N–H and O–H groups in total. The molecule has 1 aliphatic heterocycles. The van der Waals surface area contributed by atoms with E-state index in [1.54, 1.807) is 17.8 Å². The standard InChI is InChI=1S/C27H33N5O2/c1-19(2)32-26-22-16-20(8-10-23(22)28-18-24(26)30(3)27(32)33)21-9-11-25(29-17-21)34-15-7-14-31-12-5-4-6-13-31/h8-11,16-19H,4-7,12-15H2,1-3H3. The number of nitrogens with zero attached hydrogens (tertiary/aromatic N) is 5. The minimum atomic E-state index is -0.0202. The lowest BCUT2D eigenvalue weighted by molar-refractivity contribution is 0.203. The first-order valence-corrected chi connectivity index (χ1v) is 12.3. The van der Waals surface area contributed by atoms with Crippen LogP contribution in [0.3, 0.4) is 0 Å². The molecule has 0 aliphatic carbocycles. The smallest absolute Gasteiger partial charge is 0.329 e. The van der Waals surface area contributed by atoms with Crippen LogP contribution < -0.4 is 10.4 Å². The fraction of sp³-hybridized carbons (Fsp3) is 0.444. The molecule has 3 aromatic heterocycles. The number of hydrogen-bond donors (Lipinski definition) is 0. The number of fused-ring (bicyclic) bond motifs is 3. The number of likely N-dealkylation sites (tertiary alicyclic amines) is 1. The van der Waals surface area contributed by atoms with Crippen molar-refractivity contribution in [2.75, 3.05) is 26.2 Å².